The normalized spacial score (nSPS) is 11.8. The summed E-state index contributed by atoms with van der Waals surface area (Å²) in [7, 11) is -1.34. The van der Waals surface area contributed by atoms with E-state index in [1.807, 2.05) is 44.2 Å². The van der Waals surface area contributed by atoms with Gasteiger partial charge in [-0.1, -0.05) is 61.4 Å². The van der Waals surface area contributed by atoms with E-state index in [1.165, 1.54) is 37.3 Å². The lowest BCUT2D eigenvalue weighted by Crippen LogP contribution is -2.52. The number of nitrogens with one attached hydrogen (secondary N) is 1. The first-order chi connectivity index (χ1) is 20.1. The molecule has 0 unspecified atom stereocenters. The van der Waals surface area contributed by atoms with Crippen molar-refractivity contribution in [3.05, 3.63) is 83.9 Å². The minimum Gasteiger partial charge on any atom is -0.497 e. The molecule has 0 radical (unpaired) electrons. The van der Waals surface area contributed by atoms with Crippen molar-refractivity contribution >= 4 is 27.5 Å². The number of methoxy groups -OCH3 is 2. The highest BCUT2D eigenvalue weighted by atomic mass is 32.2. The second-order valence-corrected chi connectivity index (χ2v) is 11.9. The fourth-order valence-corrected chi connectivity index (χ4v) is 5.87. The monoisotopic (exact) mass is 595 g/mol. The van der Waals surface area contributed by atoms with Crippen molar-refractivity contribution in [2.24, 2.45) is 0 Å². The number of carbonyl (C=O) groups is 2. The van der Waals surface area contributed by atoms with Gasteiger partial charge in [0.2, 0.25) is 11.8 Å². The molecular formula is C32H41N3O6S. The average Bonchev–Trinajstić information content (AvgIpc) is 3.00. The maximum absolute atomic E-state index is 14.1. The molecule has 10 heteroatoms. The zero-order valence-electron chi connectivity index (χ0n) is 25.0. The highest BCUT2D eigenvalue weighted by Gasteiger charge is 2.34. The van der Waals surface area contributed by atoms with Crippen molar-refractivity contribution in [1.82, 2.24) is 10.2 Å². The topological polar surface area (TPSA) is 105 Å². The molecule has 0 aliphatic heterocycles. The maximum Gasteiger partial charge on any atom is 0.264 e. The summed E-state index contributed by atoms with van der Waals surface area (Å²) in [5.74, 6) is -0.172. The Morgan fingerprint density at radius 3 is 2.26 bits per heavy atom. The minimum absolute atomic E-state index is 0.0203. The smallest absolute Gasteiger partial charge is 0.264 e. The summed E-state index contributed by atoms with van der Waals surface area (Å²) in [6, 6.07) is 20.0. The van der Waals surface area contributed by atoms with E-state index in [-0.39, 0.29) is 28.8 Å². The summed E-state index contributed by atoms with van der Waals surface area (Å²) < 4.78 is 40.1. The Labute approximate surface area is 249 Å². The van der Waals surface area contributed by atoms with Crippen LogP contribution in [0.4, 0.5) is 5.69 Å². The van der Waals surface area contributed by atoms with Crippen LogP contribution in [0.3, 0.4) is 0 Å². The molecule has 226 valence electrons. The van der Waals surface area contributed by atoms with Crippen LogP contribution in [-0.4, -0.2) is 65.0 Å². The summed E-state index contributed by atoms with van der Waals surface area (Å²) in [5, 5.41) is 2.90. The Bertz CT molecular complexity index is 1430. The molecule has 3 rings (SSSR count). The zero-order valence-corrected chi connectivity index (χ0v) is 25.8. The molecule has 0 heterocycles. The van der Waals surface area contributed by atoms with Crippen molar-refractivity contribution in [3.8, 4) is 11.5 Å². The van der Waals surface area contributed by atoms with Crippen LogP contribution < -0.4 is 19.1 Å². The number of anilines is 1. The fourth-order valence-electron chi connectivity index (χ4n) is 4.45. The summed E-state index contributed by atoms with van der Waals surface area (Å²) >= 11 is 0. The van der Waals surface area contributed by atoms with Crippen molar-refractivity contribution in [2.75, 3.05) is 38.2 Å². The molecule has 1 atom stereocenters. The SMILES string of the molecule is CCCCNC(=O)[C@@H](C)N(CCc1ccccc1)C(=O)CN(c1cc(OC)ccc1OC)S(=O)(=O)c1ccc(C)cc1. The van der Waals surface area contributed by atoms with E-state index in [1.54, 1.807) is 31.2 Å². The number of hydrogen-bond acceptors (Lipinski definition) is 6. The minimum atomic E-state index is -4.24. The molecule has 0 saturated carbocycles. The number of hydrogen-bond donors (Lipinski definition) is 1. The molecule has 0 aromatic heterocycles. The van der Waals surface area contributed by atoms with Gasteiger partial charge in [-0.2, -0.15) is 0 Å². The average molecular weight is 596 g/mol. The van der Waals surface area contributed by atoms with Crippen LogP contribution in [0, 0.1) is 6.92 Å². The molecule has 9 nitrogen and oxygen atoms in total. The molecule has 0 saturated heterocycles. The van der Waals surface area contributed by atoms with Gasteiger partial charge < -0.3 is 19.7 Å². The molecular weight excluding hydrogens is 554 g/mol. The summed E-state index contributed by atoms with van der Waals surface area (Å²) in [5.41, 5.74) is 2.03. The van der Waals surface area contributed by atoms with E-state index in [0.29, 0.717) is 18.7 Å². The van der Waals surface area contributed by atoms with E-state index >= 15 is 0 Å². The van der Waals surface area contributed by atoms with Gasteiger partial charge in [0.1, 0.15) is 24.1 Å². The molecule has 1 N–H and O–H groups in total. The third-order valence-corrected chi connectivity index (χ3v) is 8.80. The Kier molecular flexibility index (Phi) is 11.8. The van der Waals surface area contributed by atoms with Crippen LogP contribution in [0.2, 0.25) is 0 Å². The highest BCUT2D eigenvalue weighted by Crippen LogP contribution is 2.36. The molecule has 0 spiro atoms. The molecule has 0 aliphatic carbocycles. The number of benzene rings is 3. The summed E-state index contributed by atoms with van der Waals surface area (Å²) in [4.78, 5) is 28.6. The number of ether oxygens (including phenoxy) is 2. The number of carbonyl (C=O) groups excluding carboxylic acids is 2. The molecule has 3 aromatic rings. The van der Waals surface area contributed by atoms with Gasteiger partial charge in [-0.15, -0.1) is 0 Å². The molecule has 42 heavy (non-hydrogen) atoms. The first-order valence-electron chi connectivity index (χ1n) is 14.0. The predicted molar refractivity (Wildman–Crippen MR) is 164 cm³/mol. The maximum atomic E-state index is 14.1. The van der Waals surface area contributed by atoms with Crippen molar-refractivity contribution in [1.29, 1.82) is 0 Å². The van der Waals surface area contributed by atoms with Crippen LogP contribution in [0.15, 0.2) is 77.7 Å². The first kappa shape index (κ1) is 32.5. The molecule has 0 aliphatic rings. The molecule has 0 fully saturated rings. The Balaban J connectivity index is 2.04. The van der Waals surface area contributed by atoms with E-state index < -0.39 is 28.5 Å². The van der Waals surface area contributed by atoms with Crippen molar-refractivity contribution < 1.29 is 27.5 Å². The van der Waals surface area contributed by atoms with E-state index in [0.717, 1.165) is 28.3 Å². The van der Waals surface area contributed by atoms with Gasteiger partial charge in [0.05, 0.1) is 24.8 Å². The Hall–Kier alpha value is -4.05. The second kappa shape index (κ2) is 15.3. The fraction of sp³-hybridized carbons (Fsp3) is 0.375. The lowest BCUT2D eigenvalue weighted by Gasteiger charge is -2.32. The third-order valence-electron chi connectivity index (χ3n) is 7.02. The first-order valence-corrected chi connectivity index (χ1v) is 15.5. The lowest BCUT2D eigenvalue weighted by molar-refractivity contribution is -0.138. The number of aryl methyl sites for hydroxylation is 1. The van der Waals surface area contributed by atoms with Crippen LogP contribution in [0.25, 0.3) is 0 Å². The zero-order chi connectivity index (χ0) is 30.7. The van der Waals surface area contributed by atoms with Crippen molar-refractivity contribution in [3.63, 3.8) is 0 Å². The van der Waals surface area contributed by atoms with E-state index in [9.17, 15) is 18.0 Å². The van der Waals surface area contributed by atoms with Crippen LogP contribution in [0.5, 0.6) is 11.5 Å². The summed E-state index contributed by atoms with van der Waals surface area (Å²) in [6.45, 7) is 5.71. The number of unbranched alkanes of at least 4 members (excludes halogenated alkanes) is 1. The van der Waals surface area contributed by atoms with Gasteiger partial charge in [-0.05, 0) is 56.5 Å². The summed E-state index contributed by atoms with van der Waals surface area (Å²) in [6.07, 6.45) is 2.22. The van der Waals surface area contributed by atoms with Gasteiger partial charge in [-0.3, -0.25) is 13.9 Å². The standard InChI is InChI=1S/C32H41N3O6S/c1-6-7-20-33-32(37)25(3)34(21-19-26-11-9-8-10-12-26)31(36)23-35(29-22-27(40-4)15-18-30(29)41-5)42(38,39)28-16-13-24(2)14-17-28/h8-18,22,25H,6-7,19-21,23H2,1-5H3,(H,33,37)/t25-/m1/s1. The van der Waals surface area contributed by atoms with Crippen molar-refractivity contribution in [2.45, 2.75) is 51.0 Å². The van der Waals surface area contributed by atoms with Crippen LogP contribution >= 0.6 is 0 Å². The van der Waals surface area contributed by atoms with Gasteiger partial charge >= 0.3 is 0 Å². The Morgan fingerprint density at radius 2 is 1.64 bits per heavy atom. The van der Waals surface area contributed by atoms with Crippen LogP contribution in [0.1, 0.15) is 37.8 Å². The molecule has 0 bridgehead atoms. The second-order valence-electron chi connectivity index (χ2n) is 10.0. The number of sulfonamides is 1. The van der Waals surface area contributed by atoms with Gasteiger partial charge in [-0.25, -0.2) is 8.42 Å². The number of rotatable bonds is 15. The van der Waals surface area contributed by atoms with Crippen LogP contribution in [-0.2, 0) is 26.0 Å². The highest BCUT2D eigenvalue weighted by molar-refractivity contribution is 7.92. The van der Waals surface area contributed by atoms with Gasteiger partial charge in [0.15, 0.2) is 0 Å². The Morgan fingerprint density at radius 1 is 0.952 bits per heavy atom. The largest absolute Gasteiger partial charge is 0.497 e. The van der Waals surface area contributed by atoms with Gasteiger partial charge in [0.25, 0.3) is 10.0 Å². The van der Waals surface area contributed by atoms with Gasteiger partial charge in [0, 0.05) is 19.2 Å². The third kappa shape index (κ3) is 8.25. The van der Waals surface area contributed by atoms with E-state index in [4.69, 9.17) is 9.47 Å². The quantitative estimate of drug-likeness (QED) is 0.258. The number of amides is 2. The molecule has 3 aromatic carbocycles. The predicted octanol–water partition coefficient (Wildman–Crippen LogP) is 4.58. The molecule has 2 amide bonds. The van der Waals surface area contributed by atoms with E-state index in [2.05, 4.69) is 5.32 Å². The number of nitrogens with zero attached hydrogens (tertiary/aromatic N) is 2. The lowest BCUT2D eigenvalue weighted by atomic mass is 10.1.